The molecule has 0 amide bonds. The third-order valence-electron chi connectivity index (χ3n) is 6.73. The maximum Gasteiger partial charge on any atom is 0.159 e. The minimum absolute atomic E-state index is 0. The van der Waals surface area contributed by atoms with Crippen LogP contribution in [0.4, 0.5) is 17.6 Å². The summed E-state index contributed by atoms with van der Waals surface area (Å²) in [6, 6.07) is 8.50. The number of benzene rings is 2. The third kappa shape index (κ3) is 4.15. The molecule has 0 N–H and O–H groups in total. The van der Waals surface area contributed by atoms with Gasteiger partial charge in [-0.3, -0.25) is 0 Å². The Morgan fingerprint density at radius 3 is 1.66 bits per heavy atom. The molecule has 2 aliphatic heterocycles. The predicted octanol–water partition coefficient (Wildman–Crippen LogP) is 2.70. The molecule has 3 atom stereocenters. The molecule has 2 aromatic rings. The summed E-state index contributed by atoms with van der Waals surface area (Å²) in [5.41, 5.74) is 1.56. The van der Waals surface area contributed by atoms with Crippen molar-refractivity contribution in [1.82, 2.24) is 0 Å². The van der Waals surface area contributed by atoms with E-state index in [1.807, 2.05) is 6.08 Å². The lowest BCUT2D eigenvalue weighted by Gasteiger charge is -2.44. The van der Waals surface area contributed by atoms with Crippen molar-refractivity contribution >= 4 is 5.57 Å². The maximum atomic E-state index is 13.9. The molecule has 1 nitrogen and oxygen atoms in total. The van der Waals surface area contributed by atoms with Crippen LogP contribution in [0.25, 0.3) is 5.57 Å². The smallest absolute Gasteiger partial charge is 0.159 e. The fraction of sp³-hybridized carbons (Fsp3) is 0.391. The Morgan fingerprint density at radius 1 is 0.793 bits per heavy atom. The van der Waals surface area contributed by atoms with Crippen molar-refractivity contribution in [2.45, 2.75) is 37.8 Å². The Bertz CT molecular complexity index is 871. The lowest BCUT2D eigenvalue weighted by molar-refractivity contribution is -0.931. The molecule has 2 aliphatic rings. The average Bonchev–Trinajstić information content (AvgIpc) is 2.82. The molecular formula is C23H24BrF4N. The normalized spacial score (nSPS) is 24.7. The number of piperidine rings is 1. The quantitative estimate of drug-likeness (QED) is 0.478. The van der Waals surface area contributed by atoms with E-state index in [1.165, 1.54) is 25.0 Å². The largest absolute Gasteiger partial charge is 1.00 e. The highest BCUT2D eigenvalue weighted by Gasteiger charge is 2.48. The fourth-order valence-electron chi connectivity index (χ4n) is 4.98. The van der Waals surface area contributed by atoms with E-state index in [0.29, 0.717) is 28.8 Å². The summed E-state index contributed by atoms with van der Waals surface area (Å²) in [5, 5.41) is 0. The van der Waals surface area contributed by atoms with Gasteiger partial charge in [0.15, 0.2) is 23.3 Å². The second-order valence-electron chi connectivity index (χ2n) is 8.58. The molecule has 0 radical (unpaired) electrons. The highest BCUT2D eigenvalue weighted by molar-refractivity contribution is 5.80. The van der Waals surface area contributed by atoms with Crippen LogP contribution >= 0.6 is 0 Å². The summed E-state index contributed by atoms with van der Waals surface area (Å²) in [4.78, 5) is 0. The van der Waals surface area contributed by atoms with Crippen LogP contribution in [0.1, 0.15) is 36.8 Å². The number of quaternary nitrogens is 1. The van der Waals surface area contributed by atoms with Crippen molar-refractivity contribution in [3.8, 4) is 0 Å². The van der Waals surface area contributed by atoms with Crippen LogP contribution in [-0.2, 0) is 0 Å². The summed E-state index contributed by atoms with van der Waals surface area (Å²) in [6.45, 7) is 0. The van der Waals surface area contributed by atoms with E-state index in [1.54, 1.807) is 0 Å². The van der Waals surface area contributed by atoms with Gasteiger partial charge in [-0.05, 0) is 46.9 Å². The molecule has 0 spiro atoms. The zero-order chi connectivity index (χ0) is 20.1. The Morgan fingerprint density at radius 2 is 1.24 bits per heavy atom. The van der Waals surface area contributed by atoms with Crippen LogP contribution in [0.5, 0.6) is 0 Å². The van der Waals surface area contributed by atoms with Crippen molar-refractivity contribution in [3.63, 3.8) is 0 Å². The third-order valence-corrected chi connectivity index (χ3v) is 6.73. The lowest BCUT2D eigenvalue weighted by atomic mass is 9.85. The van der Waals surface area contributed by atoms with Gasteiger partial charge in [0.1, 0.15) is 0 Å². The molecule has 2 bridgehead atoms. The van der Waals surface area contributed by atoms with Gasteiger partial charge in [0.25, 0.3) is 0 Å². The highest BCUT2D eigenvalue weighted by Crippen LogP contribution is 2.43. The van der Waals surface area contributed by atoms with Gasteiger partial charge in [-0.15, -0.1) is 0 Å². The molecule has 6 heteroatoms. The topological polar surface area (TPSA) is 0 Å². The van der Waals surface area contributed by atoms with Crippen LogP contribution in [0.3, 0.4) is 0 Å². The van der Waals surface area contributed by atoms with E-state index in [2.05, 4.69) is 14.1 Å². The van der Waals surface area contributed by atoms with Crippen LogP contribution in [-0.4, -0.2) is 30.7 Å². The van der Waals surface area contributed by atoms with Gasteiger partial charge < -0.3 is 21.5 Å². The molecule has 0 aromatic heterocycles. The monoisotopic (exact) mass is 469 g/mol. The van der Waals surface area contributed by atoms with E-state index in [4.69, 9.17) is 0 Å². The van der Waals surface area contributed by atoms with Crippen molar-refractivity contribution in [3.05, 3.63) is 76.9 Å². The molecule has 0 saturated carbocycles. The van der Waals surface area contributed by atoms with E-state index in [-0.39, 0.29) is 22.9 Å². The number of fused-ring (bicyclic) bond motifs is 2. The Labute approximate surface area is 179 Å². The molecule has 29 heavy (non-hydrogen) atoms. The Kier molecular flexibility index (Phi) is 6.25. The molecule has 2 saturated heterocycles. The summed E-state index contributed by atoms with van der Waals surface area (Å²) in [6.07, 6.45) is 6.42. The van der Waals surface area contributed by atoms with Crippen molar-refractivity contribution in [2.75, 3.05) is 14.1 Å². The highest BCUT2D eigenvalue weighted by atomic mass is 79.9. The first kappa shape index (κ1) is 22.0. The van der Waals surface area contributed by atoms with E-state index in [0.717, 1.165) is 41.6 Å². The summed E-state index contributed by atoms with van der Waals surface area (Å²) >= 11 is 0. The van der Waals surface area contributed by atoms with Crippen molar-refractivity contribution in [1.29, 1.82) is 0 Å². The summed E-state index contributed by atoms with van der Waals surface area (Å²) in [7, 11) is 4.54. The molecule has 2 heterocycles. The standard InChI is InChI=1S/C23H24F4N.BrH/c1-28(2)17-5-6-18(28)10-14(9-17)11-19(15-3-7-20(24)22(26)12-15)16-4-8-21(25)23(27)13-16;/h3-4,7-8,11-14,17-18H,5-6,9-10H2,1-2H3;1H/q+1;/p-1/t14-,17+,18-;. The predicted molar refractivity (Wildman–Crippen MR) is 101 cm³/mol. The van der Waals surface area contributed by atoms with Gasteiger partial charge in [-0.2, -0.15) is 0 Å². The first-order valence-corrected chi connectivity index (χ1v) is 9.71. The zero-order valence-corrected chi connectivity index (χ0v) is 18.0. The average molecular weight is 470 g/mol. The second kappa shape index (κ2) is 8.23. The minimum Gasteiger partial charge on any atom is -1.00 e. The number of hydrogen-bond donors (Lipinski definition) is 0. The molecule has 0 unspecified atom stereocenters. The first-order chi connectivity index (χ1) is 13.3. The number of nitrogens with zero attached hydrogens (tertiary/aromatic N) is 1. The molecule has 4 rings (SSSR count). The van der Waals surface area contributed by atoms with Crippen molar-refractivity contribution < 1.29 is 39.0 Å². The second-order valence-corrected chi connectivity index (χ2v) is 8.58. The number of halogens is 5. The SMILES string of the molecule is C[N+]1(C)[C@@H]2CC[C@H]1C[C@@H](C=C(c1ccc(F)c(F)c1)c1ccc(F)c(F)c1)C2.[Br-]. The number of allylic oxidation sites excluding steroid dienone is 1. The minimum atomic E-state index is -0.951. The van der Waals surface area contributed by atoms with Crippen LogP contribution < -0.4 is 17.0 Å². The number of rotatable bonds is 3. The molecule has 2 fully saturated rings. The van der Waals surface area contributed by atoms with Crippen LogP contribution in [0, 0.1) is 29.2 Å². The van der Waals surface area contributed by atoms with E-state index in [9.17, 15) is 17.6 Å². The summed E-state index contributed by atoms with van der Waals surface area (Å²) < 4.78 is 55.6. The van der Waals surface area contributed by atoms with Gasteiger partial charge in [-0.25, -0.2) is 17.6 Å². The maximum absolute atomic E-state index is 13.9. The molecule has 0 aliphatic carbocycles. The number of hydrogen-bond acceptors (Lipinski definition) is 0. The molecular weight excluding hydrogens is 446 g/mol. The van der Waals surface area contributed by atoms with E-state index >= 15 is 0 Å². The van der Waals surface area contributed by atoms with Gasteiger partial charge in [-0.1, -0.05) is 18.2 Å². The van der Waals surface area contributed by atoms with Gasteiger partial charge in [0, 0.05) is 25.7 Å². The first-order valence-electron chi connectivity index (χ1n) is 9.71. The van der Waals surface area contributed by atoms with Gasteiger partial charge >= 0.3 is 0 Å². The van der Waals surface area contributed by atoms with Crippen LogP contribution in [0.15, 0.2) is 42.5 Å². The van der Waals surface area contributed by atoms with Crippen LogP contribution in [0.2, 0.25) is 0 Å². The Balaban J connectivity index is 0.00000240. The Hall–Kier alpha value is -1.66. The zero-order valence-electron chi connectivity index (χ0n) is 16.4. The van der Waals surface area contributed by atoms with Crippen molar-refractivity contribution in [2.24, 2.45) is 5.92 Å². The van der Waals surface area contributed by atoms with Gasteiger partial charge in [0.2, 0.25) is 0 Å². The molecule has 156 valence electrons. The lowest BCUT2D eigenvalue weighted by Crippen LogP contribution is -3.00. The fourth-order valence-corrected chi connectivity index (χ4v) is 4.98. The summed E-state index contributed by atoms with van der Waals surface area (Å²) in [5.74, 6) is -3.49. The van der Waals surface area contributed by atoms with Gasteiger partial charge in [0.05, 0.1) is 26.2 Å². The molecule has 2 aromatic carbocycles. The van der Waals surface area contributed by atoms with E-state index < -0.39 is 23.3 Å².